The van der Waals surface area contributed by atoms with Gasteiger partial charge in [-0.1, -0.05) is 23.7 Å². The summed E-state index contributed by atoms with van der Waals surface area (Å²) in [6.45, 7) is 7.48. The summed E-state index contributed by atoms with van der Waals surface area (Å²) in [4.78, 5) is 2.68. The molecule has 3 rings (SSSR count). The van der Waals surface area contributed by atoms with E-state index in [-0.39, 0.29) is 6.10 Å². The lowest BCUT2D eigenvalue weighted by molar-refractivity contribution is -0.107. The highest BCUT2D eigenvalue weighted by atomic mass is 35.5. The molecule has 2 saturated heterocycles. The molecule has 0 spiro atoms. The van der Waals surface area contributed by atoms with Gasteiger partial charge in [0.05, 0.1) is 19.3 Å². The molecule has 1 unspecified atom stereocenters. The van der Waals surface area contributed by atoms with Gasteiger partial charge in [0.1, 0.15) is 0 Å². The molecule has 0 bridgehead atoms. The quantitative estimate of drug-likeness (QED) is 0.853. The van der Waals surface area contributed by atoms with Crippen LogP contribution in [0.4, 0.5) is 0 Å². The Kier molecular flexibility index (Phi) is 6.93. The maximum absolute atomic E-state index is 6.10. The van der Waals surface area contributed by atoms with Crippen LogP contribution in [-0.4, -0.2) is 62.5 Å². The average Bonchev–Trinajstić information content (AvgIpc) is 2.63. The molecule has 0 amide bonds. The zero-order valence-corrected chi connectivity index (χ0v) is 15.3. The summed E-state index contributed by atoms with van der Waals surface area (Å²) in [6, 6.07) is 9.31. The Hall–Kier alpha value is -0.650. The number of hydrogen-bond acceptors (Lipinski definition) is 4. The first kappa shape index (κ1) is 18.2. The van der Waals surface area contributed by atoms with Gasteiger partial charge >= 0.3 is 0 Å². The van der Waals surface area contributed by atoms with Crippen molar-refractivity contribution in [1.82, 2.24) is 10.2 Å². The molecule has 1 aromatic carbocycles. The average molecular weight is 353 g/mol. The third-order valence-corrected chi connectivity index (χ3v) is 5.33. The summed E-state index contributed by atoms with van der Waals surface area (Å²) < 4.78 is 11.7. The smallest absolute Gasteiger partial charge is 0.0935 e. The molecular weight excluding hydrogens is 324 g/mol. The van der Waals surface area contributed by atoms with Crippen LogP contribution in [0.1, 0.15) is 25.3 Å². The van der Waals surface area contributed by atoms with Crippen LogP contribution in [0.25, 0.3) is 0 Å². The van der Waals surface area contributed by atoms with Crippen molar-refractivity contribution in [1.29, 1.82) is 0 Å². The van der Waals surface area contributed by atoms with Crippen molar-refractivity contribution in [3.8, 4) is 0 Å². The second-order valence-corrected chi connectivity index (χ2v) is 7.21. The van der Waals surface area contributed by atoms with E-state index in [0.29, 0.717) is 18.7 Å². The van der Waals surface area contributed by atoms with Crippen molar-refractivity contribution in [2.24, 2.45) is 0 Å². The minimum atomic E-state index is 0.196. The molecule has 0 saturated carbocycles. The molecule has 24 heavy (non-hydrogen) atoms. The van der Waals surface area contributed by atoms with Gasteiger partial charge in [-0.15, -0.1) is 0 Å². The standard InChI is InChI=1S/C19H29ClN2O2/c1-2-23-14-19-12-22(17-7-9-21-10-8-17)18(13-24-19)11-15-3-5-16(20)6-4-15/h3-6,17-19,21H,2,7-14H2,1H3/t18?,19-/m1/s1. The second kappa shape index (κ2) is 9.16. The Morgan fingerprint density at radius 1 is 1.25 bits per heavy atom. The number of piperidine rings is 1. The van der Waals surface area contributed by atoms with E-state index in [1.165, 1.54) is 18.4 Å². The predicted octanol–water partition coefficient (Wildman–Crippen LogP) is 2.74. The summed E-state index contributed by atoms with van der Waals surface area (Å²) >= 11 is 6.02. The topological polar surface area (TPSA) is 33.7 Å². The van der Waals surface area contributed by atoms with Crippen LogP contribution in [0, 0.1) is 0 Å². The van der Waals surface area contributed by atoms with Gasteiger partial charge in [0.25, 0.3) is 0 Å². The summed E-state index contributed by atoms with van der Waals surface area (Å²) in [5.74, 6) is 0. The monoisotopic (exact) mass is 352 g/mol. The Morgan fingerprint density at radius 3 is 2.71 bits per heavy atom. The summed E-state index contributed by atoms with van der Waals surface area (Å²) in [6.07, 6.45) is 3.65. The first-order chi connectivity index (χ1) is 11.8. The van der Waals surface area contributed by atoms with Crippen molar-refractivity contribution in [3.63, 3.8) is 0 Å². The van der Waals surface area contributed by atoms with Crippen LogP contribution in [0.15, 0.2) is 24.3 Å². The fourth-order valence-corrected chi connectivity index (χ4v) is 3.91. The molecule has 0 aromatic heterocycles. The molecular formula is C19H29ClN2O2. The SMILES string of the molecule is CCOC[C@H]1CN(C2CCNCC2)C(Cc2ccc(Cl)cc2)CO1. The van der Waals surface area contributed by atoms with E-state index < -0.39 is 0 Å². The highest BCUT2D eigenvalue weighted by Crippen LogP contribution is 2.24. The highest BCUT2D eigenvalue weighted by Gasteiger charge is 2.34. The molecule has 0 aliphatic carbocycles. The lowest BCUT2D eigenvalue weighted by Crippen LogP contribution is -2.57. The van der Waals surface area contributed by atoms with Gasteiger partial charge in [-0.05, 0) is 57.0 Å². The van der Waals surface area contributed by atoms with Gasteiger partial charge in [0, 0.05) is 30.3 Å². The number of hydrogen-bond donors (Lipinski definition) is 1. The lowest BCUT2D eigenvalue weighted by atomic mass is 9.97. The first-order valence-corrected chi connectivity index (χ1v) is 9.54. The molecule has 2 heterocycles. The van der Waals surface area contributed by atoms with Crippen molar-refractivity contribution in [2.75, 3.05) is 39.5 Å². The zero-order valence-electron chi connectivity index (χ0n) is 14.5. The van der Waals surface area contributed by atoms with Crippen LogP contribution < -0.4 is 5.32 Å². The second-order valence-electron chi connectivity index (χ2n) is 6.78. The predicted molar refractivity (Wildman–Crippen MR) is 97.8 cm³/mol. The number of halogens is 1. The molecule has 2 aliphatic heterocycles. The van der Waals surface area contributed by atoms with Crippen LogP contribution >= 0.6 is 11.6 Å². The van der Waals surface area contributed by atoms with E-state index in [1.807, 2.05) is 19.1 Å². The van der Waals surface area contributed by atoms with E-state index >= 15 is 0 Å². The molecule has 2 atom stereocenters. The summed E-state index contributed by atoms with van der Waals surface area (Å²) in [5, 5.41) is 4.27. The van der Waals surface area contributed by atoms with Crippen LogP contribution in [-0.2, 0) is 15.9 Å². The maximum Gasteiger partial charge on any atom is 0.0935 e. The van der Waals surface area contributed by atoms with E-state index in [2.05, 4.69) is 22.3 Å². The van der Waals surface area contributed by atoms with Crippen molar-refractivity contribution in [2.45, 2.75) is 44.4 Å². The lowest BCUT2D eigenvalue weighted by Gasteiger charge is -2.45. The van der Waals surface area contributed by atoms with Crippen molar-refractivity contribution >= 4 is 11.6 Å². The molecule has 5 heteroatoms. The molecule has 4 nitrogen and oxygen atoms in total. The Bertz CT molecular complexity index is 491. The van der Waals surface area contributed by atoms with Crippen LogP contribution in [0.5, 0.6) is 0 Å². The molecule has 1 aromatic rings. The third-order valence-electron chi connectivity index (χ3n) is 5.08. The minimum absolute atomic E-state index is 0.196. The Labute approximate surface area is 150 Å². The van der Waals surface area contributed by atoms with E-state index in [9.17, 15) is 0 Å². The van der Waals surface area contributed by atoms with Gasteiger partial charge < -0.3 is 14.8 Å². The molecule has 2 fully saturated rings. The van der Waals surface area contributed by atoms with Gasteiger partial charge in [-0.2, -0.15) is 0 Å². The fourth-order valence-electron chi connectivity index (χ4n) is 3.78. The molecule has 2 aliphatic rings. The van der Waals surface area contributed by atoms with Gasteiger partial charge in [-0.3, -0.25) is 4.90 Å². The van der Waals surface area contributed by atoms with Crippen molar-refractivity contribution in [3.05, 3.63) is 34.9 Å². The number of benzene rings is 1. The number of rotatable bonds is 6. The fraction of sp³-hybridized carbons (Fsp3) is 0.684. The van der Waals surface area contributed by atoms with E-state index in [4.69, 9.17) is 21.1 Å². The number of nitrogens with zero attached hydrogens (tertiary/aromatic N) is 1. The Balaban J connectivity index is 1.66. The van der Waals surface area contributed by atoms with Crippen LogP contribution in [0.2, 0.25) is 5.02 Å². The molecule has 0 radical (unpaired) electrons. The number of morpholine rings is 1. The molecule has 1 N–H and O–H groups in total. The Morgan fingerprint density at radius 2 is 2.00 bits per heavy atom. The van der Waals surface area contributed by atoms with Crippen molar-refractivity contribution < 1.29 is 9.47 Å². The van der Waals surface area contributed by atoms with E-state index in [1.54, 1.807) is 0 Å². The van der Waals surface area contributed by atoms with Gasteiger partial charge in [0.15, 0.2) is 0 Å². The normalized spacial score (nSPS) is 26.6. The summed E-state index contributed by atoms with van der Waals surface area (Å²) in [7, 11) is 0. The van der Waals surface area contributed by atoms with E-state index in [0.717, 1.165) is 44.3 Å². The minimum Gasteiger partial charge on any atom is -0.379 e. The maximum atomic E-state index is 6.10. The number of ether oxygens (including phenoxy) is 2. The number of nitrogens with one attached hydrogen (secondary N) is 1. The largest absolute Gasteiger partial charge is 0.379 e. The van der Waals surface area contributed by atoms with Crippen LogP contribution in [0.3, 0.4) is 0 Å². The molecule has 134 valence electrons. The third kappa shape index (κ3) is 4.93. The first-order valence-electron chi connectivity index (χ1n) is 9.16. The van der Waals surface area contributed by atoms with Gasteiger partial charge in [0.2, 0.25) is 0 Å². The summed E-state index contributed by atoms with van der Waals surface area (Å²) in [5.41, 5.74) is 1.33. The van der Waals surface area contributed by atoms with Gasteiger partial charge in [-0.25, -0.2) is 0 Å². The zero-order chi connectivity index (χ0) is 16.8. The highest BCUT2D eigenvalue weighted by molar-refractivity contribution is 6.30.